The van der Waals surface area contributed by atoms with Gasteiger partial charge in [-0.3, -0.25) is 14.4 Å². The number of aliphatic carboxylic acids is 1. The first-order valence-electron chi connectivity index (χ1n) is 8.28. The summed E-state index contributed by atoms with van der Waals surface area (Å²) >= 11 is 0. The zero-order valence-corrected chi connectivity index (χ0v) is 14.9. The molecule has 10 nitrogen and oxygen atoms in total. The Morgan fingerprint density at radius 2 is 1.15 bits per heavy atom. The van der Waals surface area contributed by atoms with Crippen molar-refractivity contribution in [3.8, 4) is 0 Å². The Morgan fingerprint density at radius 1 is 0.654 bits per heavy atom. The van der Waals surface area contributed by atoms with Gasteiger partial charge in [0.25, 0.3) is 0 Å². The fourth-order valence-corrected chi connectivity index (χ4v) is 1.54. The summed E-state index contributed by atoms with van der Waals surface area (Å²) in [5.41, 5.74) is 0. The van der Waals surface area contributed by atoms with Crippen molar-refractivity contribution in [2.75, 3.05) is 52.9 Å². The molecule has 0 aromatic rings. The second kappa shape index (κ2) is 16.4. The molecule has 0 spiro atoms. The van der Waals surface area contributed by atoms with Crippen molar-refractivity contribution < 1.29 is 48.0 Å². The van der Waals surface area contributed by atoms with E-state index in [-0.39, 0.29) is 45.1 Å². The molecule has 0 rings (SSSR count). The second-order valence-corrected chi connectivity index (χ2v) is 4.84. The van der Waals surface area contributed by atoms with Crippen LogP contribution in [0.15, 0.2) is 0 Å². The molecule has 26 heavy (non-hydrogen) atoms. The van der Waals surface area contributed by atoms with E-state index >= 15 is 0 Å². The lowest BCUT2D eigenvalue weighted by molar-refractivity contribution is -0.151. The molecule has 0 saturated heterocycles. The highest BCUT2D eigenvalue weighted by Crippen LogP contribution is 1.95. The molecule has 10 heteroatoms. The third kappa shape index (κ3) is 15.5. The van der Waals surface area contributed by atoms with Gasteiger partial charge in [-0.05, 0) is 6.92 Å². The highest BCUT2D eigenvalue weighted by molar-refractivity contribution is 6.32. The van der Waals surface area contributed by atoms with E-state index in [9.17, 15) is 19.2 Å². The maximum absolute atomic E-state index is 11.2. The van der Waals surface area contributed by atoms with Gasteiger partial charge < -0.3 is 28.8 Å². The van der Waals surface area contributed by atoms with Gasteiger partial charge in [-0.1, -0.05) is 0 Å². The Bertz CT molecular complexity index is 435. The standard InChI is InChI=1S/C16H26O10/c1-2-25-15(19)5-6-22-7-8-23-9-10-24-11-12-26-14(18)4-3-13(17)16(20)21/h2-12H2,1H3,(H,20,21). The zero-order valence-electron chi connectivity index (χ0n) is 14.9. The predicted molar refractivity (Wildman–Crippen MR) is 86.5 cm³/mol. The number of carbonyl (C=O) groups excluding carboxylic acids is 3. The van der Waals surface area contributed by atoms with E-state index < -0.39 is 17.7 Å². The minimum Gasteiger partial charge on any atom is -0.476 e. The van der Waals surface area contributed by atoms with Gasteiger partial charge in [0.15, 0.2) is 0 Å². The van der Waals surface area contributed by atoms with Gasteiger partial charge in [0.1, 0.15) is 6.61 Å². The topological polar surface area (TPSA) is 135 Å². The van der Waals surface area contributed by atoms with E-state index in [0.717, 1.165) is 0 Å². The van der Waals surface area contributed by atoms with Crippen molar-refractivity contribution in [3.05, 3.63) is 0 Å². The molecule has 0 atom stereocenters. The molecule has 0 aliphatic rings. The van der Waals surface area contributed by atoms with Gasteiger partial charge in [-0.25, -0.2) is 4.79 Å². The summed E-state index contributed by atoms with van der Waals surface area (Å²) in [6.07, 6.45) is -0.449. The highest BCUT2D eigenvalue weighted by Gasteiger charge is 2.14. The van der Waals surface area contributed by atoms with E-state index in [1.165, 1.54) is 0 Å². The van der Waals surface area contributed by atoms with Crippen molar-refractivity contribution in [2.45, 2.75) is 26.2 Å². The lowest BCUT2D eigenvalue weighted by atomic mass is 10.2. The maximum Gasteiger partial charge on any atom is 0.372 e. The number of carboxylic acids is 1. The van der Waals surface area contributed by atoms with Crippen molar-refractivity contribution in [3.63, 3.8) is 0 Å². The molecule has 0 radical (unpaired) electrons. The molecular formula is C16H26O10. The van der Waals surface area contributed by atoms with Crippen LogP contribution in [0.4, 0.5) is 0 Å². The average Bonchev–Trinajstić information content (AvgIpc) is 2.60. The molecule has 0 saturated carbocycles. The number of Topliss-reactive ketones (excluding diaryl/α,β-unsaturated/α-hetero) is 1. The molecular weight excluding hydrogens is 352 g/mol. The van der Waals surface area contributed by atoms with Crippen molar-refractivity contribution in [2.24, 2.45) is 0 Å². The first-order valence-corrected chi connectivity index (χ1v) is 8.28. The van der Waals surface area contributed by atoms with Gasteiger partial charge in [0.05, 0.1) is 59.1 Å². The van der Waals surface area contributed by atoms with Gasteiger partial charge in [-0.15, -0.1) is 0 Å². The van der Waals surface area contributed by atoms with E-state index in [0.29, 0.717) is 33.0 Å². The van der Waals surface area contributed by atoms with Crippen LogP contribution in [-0.4, -0.2) is 81.7 Å². The van der Waals surface area contributed by atoms with Crippen LogP contribution in [0.3, 0.4) is 0 Å². The van der Waals surface area contributed by atoms with Crippen LogP contribution in [0.2, 0.25) is 0 Å². The molecule has 0 amide bonds. The van der Waals surface area contributed by atoms with E-state index in [1.807, 2.05) is 0 Å². The minimum atomic E-state index is -1.56. The third-order valence-corrected chi connectivity index (χ3v) is 2.79. The number of ketones is 1. The Hall–Kier alpha value is -2.04. The summed E-state index contributed by atoms with van der Waals surface area (Å²) in [5, 5.41) is 8.35. The highest BCUT2D eigenvalue weighted by atomic mass is 16.6. The summed E-state index contributed by atoms with van der Waals surface area (Å²) in [6.45, 7) is 3.90. The van der Waals surface area contributed by atoms with Gasteiger partial charge in [0, 0.05) is 6.42 Å². The lowest BCUT2D eigenvalue weighted by Crippen LogP contribution is -2.17. The third-order valence-electron chi connectivity index (χ3n) is 2.79. The van der Waals surface area contributed by atoms with Gasteiger partial charge in [-0.2, -0.15) is 0 Å². The smallest absolute Gasteiger partial charge is 0.372 e. The quantitative estimate of drug-likeness (QED) is 0.209. The number of carboxylic acid groups (broad SMARTS) is 1. The number of hydrogen-bond acceptors (Lipinski definition) is 9. The molecule has 0 aliphatic heterocycles. The zero-order chi connectivity index (χ0) is 19.6. The van der Waals surface area contributed by atoms with Crippen molar-refractivity contribution in [1.82, 2.24) is 0 Å². The Balaban J connectivity index is 3.29. The largest absolute Gasteiger partial charge is 0.476 e. The molecule has 0 bridgehead atoms. The SMILES string of the molecule is CCOC(=O)CCOCCOCCOCCOC(=O)CCC(=O)C(=O)O. The Morgan fingerprint density at radius 3 is 1.69 bits per heavy atom. The molecule has 0 fully saturated rings. The Kier molecular flexibility index (Phi) is 15.1. The molecule has 0 aromatic heterocycles. The molecule has 150 valence electrons. The number of rotatable bonds is 17. The predicted octanol–water partition coefficient (Wildman–Crippen LogP) is -0.0335. The van der Waals surface area contributed by atoms with Gasteiger partial charge >= 0.3 is 17.9 Å². The van der Waals surface area contributed by atoms with Crippen LogP contribution in [0.25, 0.3) is 0 Å². The normalized spacial score (nSPS) is 10.3. The second-order valence-electron chi connectivity index (χ2n) is 4.84. The molecule has 0 aromatic carbocycles. The lowest BCUT2D eigenvalue weighted by Gasteiger charge is -2.07. The number of hydrogen-bond donors (Lipinski definition) is 1. The fraction of sp³-hybridized carbons (Fsp3) is 0.750. The summed E-state index contributed by atoms with van der Waals surface area (Å²) in [7, 11) is 0. The van der Waals surface area contributed by atoms with Crippen LogP contribution < -0.4 is 0 Å². The number of ether oxygens (including phenoxy) is 5. The van der Waals surface area contributed by atoms with E-state index in [4.69, 9.17) is 28.8 Å². The summed E-state index contributed by atoms with van der Waals surface area (Å²) in [5.74, 6) is -3.54. The fourth-order valence-electron chi connectivity index (χ4n) is 1.54. The molecule has 0 aliphatic carbocycles. The molecule has 1 N–H and O–H groups in total. The maximum atomic E-state index is 11.2. The Labute approximate surface area is 151 Å². The van der Waals surface area contributed by atoms with Gasteiger partial charge in [0.2, 0.25) is 5.78 Å². The van der Waals surface area contributed by atoms with Crippen LogP contribution in [0.5, 0.6) is 0 Å². The van der Waals surface area contributed by atoms with Crippen LogP contribution in [-0.2, 0) is 42.9 Å². The summed E-state index contributed by atoms with van der Waals surface area (Å²) in [6, 6.07) is 0. The van der Waals surface area contributed by atoms with Crippen molar-refractivity contribution >= 4 is 23.7 Å². The monoisotopic (exact) mass is 378 g/mol. The first-order chi connectivity index (χ1) is 12.5. The van der Waals surface area contributed by atoms with Crippen LogP contribution in [0.1, 0.15) is 26.2 Å². The molecule has 0 heterocycles. The van der Waals surface area contributed by atoms with E-state index in [2.05, 4.69) is 0 Å². The van der Waals surface area contributed by atoms with E-state index in [1.54, 1.807) is 6.92 Å². The summed E-state index contributed by atoms with van der Waals surface area (Å²) < 4.78 is 25.1. The van der Waals surface area contributed by atoms with Crippen LogP contribution >= 0.6 is 0 Å². The number of carbonyl (C=O) groups is 4. The van der Waals surface area contributed by atoms with Crippen molar-refractivity contribution in [1.29, 1.82) is 0 Å². The first kappa shape index (κ1) is 24.0. The van der Waals surface area contributed by atoms with Crippen LogP contribution in [0, 0.1) is 0 Å². The minimum absolute atomic E-state index is 0.0110. The average molecular weight is 378 g/mol. The molecule has 0 unspecified atom stereocenters. The number of esters is 2. The summed E-state index contributed by atoms with van der Waals surface area (Å²) in [4.78, 5) is 43.3.